The van der Waals surface area contributed by atoms with Crippen LogP contribution < -0.4 is 15.8 Å². The van der Waals surface area contributed by atoms with Crippen LogP contribution >= 0.6 is 0 Å². The number of rotatable bonds is 7. The molecule has 1 heterocycles. The Morgan fingerprint density at radius 1 is 1.52 bits per heavy atom. The summed E-state index contributed by atoms with van der Waals surface area (Å²) in [4.78, 5) is 14.4. The lowest BCUT2D eigenvalue weighted by atomic mass is 10.1. The smallest absolute Gasteiger partial charge is 0.238 e. The first kappa shape index (κ1) is 15.8. The average molecular weight is 291 g/mol. The van der Waals surface area contributed by atoms with Gasteiger partial charge in [0.1, 0.15) is 5.75 Å². The van der Waals surface area contributed by atoms with Crippen LogP contribution in [0.15, 0.2) is 24.3 Å². The van der Waals surface area contributed by atoms with Gasteiger partial charge in [-0.3, -0.25) is 9.69 Å². The Hall–Kier alpha value is -1.59. The maximum atomic E-state index is 12.2. The van der Waals surface area contributed by atoms with Crippen molar-refractivity contribution in [2.45, 2.75) is 31.7 Å². The maximum Gasteiger partial charge on any atom is 0.238 e. The van der Waals surface area contributed by atoms with Crippen molar-refractivity contribution >= 4 is 11.6 Å². The molecule has 1 aromatic rings. The first-order valence-electron chi connectivity index (χ1n) is 7.61. The minimum atomic E-state index is 0.0305. The Morgan fingerprint density at radius 3 is 3.14 bits per heavy atom. The summed E-state index contributed by atoms with van der Waals surface area (Å²) >= 11 is 0. The molecular weight excluding hydrogens is 266 g/mol. The third-order valence-electron chi connectivity index (χ3n) is 3.94. The largest absolute Gasteiger partial charge is 0.497 e. The summed E-state index contributed by atoms with van der Waals surface area (Å²) in [5.74, 6) is 0.776. The van der Waals surface area contributed by atoms with Crippen LogP contribution in [0.5, 0.6) is 5.75 Å². The highest BCUT2D eigenvalue weighted by Crippen LogP contribution is 2.21. The molecule has 0 spiro atoms. The number of methoxy groups -OCH3 is 1. The van der Waals surface area contributed by atoms with Crippen molar-refractivity contribution in [3.8, 4) is 5.75 Å². The van der Waals surface area contributed by atoms with Gasteiger partial charge < -0.3 is 15.8 Å². The topological polar surface area (TPSA) is 67.6 Å². The number of carbonyl (C=O) groups is 1. The van der Waals surface area contributed by atoms with E-state index in [0.717, 1.165) is 37.4 Å². The molecule has 2 rings (SSSR count). The number of anilines is 1. The minimum Gasteiger partial charge on any atom is -0.497 e. The van der Waals surface area contributed by atoms with E-state index in [0.29, 0.717) is 12.6 Å². The van der Waals surface area contributed by atoms with Crippen LogP contribution in [-0.4, -0.2) is 43.6 Å². The van der Waals surface area contributed by atoms with Crippen LogP contribution in [0.2, 0.25) is 0 Å². The van der Waals surface area contributed by atoms with Gasteiger partial charge in [-0.1, -0.05) is 6.07 Å². The van der Waals surface area contributed by atoms with Gasteiger partial charge in [0.15, 0.2) is 0 Å². The number of carbonyl (C=O) groups excluding carboxylic acids is 1. The molecule has 0 radical (unpaired) electrons. The van der Waals surface area contributed by atoms with E-state index in [2.05, 4.69) is 10.2 Å². The number of hydrogen-bond donors (Lipinski definition) is 2. The van der Waals surface area contributed by atoms with Crippen molar-refractivity contribution in [3.05, 3.63) is 24.3 Å². The number of nitrogens with two attached hydrogens (primary N) is 1. The summed E-state index contributed by atoms with van der Waals surface area (Å²) < 4.78 is 5.16. The fraction of sp³-hybridized carbons (Fsp3) is 0.562. The monoisotopic (exact) mass is 291 g/mol. The number of amides is 1. The molecule has 5 nitrogen and oxygen atoms in total. The Labute approximate surface area is 126 Å². The first-order valence-corrected chi connectivity index (χ1v) is 7.61. The molecule has 1 unspecified atom stereocenters. The molecule has 1 fully saturated rings. The second-order valence-corrected chi connectivity index (χ2v) is 5.48. The van der Waals surface area contributed by atoms with Gasteiger partial charge in [-0.2, -0.15) is 0 Å². The molecule has 21 heavy (non-hydrogen) atoms. The van der Waals surface area contributed by atoms with E-state index in [9.17, 15) is 4.79 Å². The first-order chi connectivity index (χ1) is 10.2. The van der Waals surface area contributed by atoms with Gasteiger partial charge in [0.05, 0.1) is 13.7 Å². The second kappa shape index (κ2) is 8.00. The molecule has 1 amide bonds. The van der Waals surface area contributed by atoms with Crippen LogP contribution in [0.3, 0.4) is 0 Å². The van der Waals surface area contributed by atoms with Gasteiger partial charge in [0, 0.05) is 17.8 Å². The number of nitrogens with zero attached hydrogens (tertiary/aromatic N) is 1. The summed E-state index contributed by atoms with van der Waals surface area (Å²) in [7, 11) is 1.62. The standard InChI is InChI=1S/C16H25N3O2/c1-21-15-8-2-5-13(11-15)18-16(20)12-19-10-4-7-14(19)6-3-9-17/h2,5,8,11,14H,3-4,6-7,9-10,12,17H2,1H3,(H,18,20). The summed E-state index contributed by atoms with van der Waals surface area (Å²) in [5, 5.41) is 2.93. The normalized spacial score (nSPS) is 18.7. The summed E-state index contributed by atoms with van der Waals surface area (Å²) in [6.45, 7) is 2.17. The molecule has 1 atom stereocenters. The molecule has 0 bridgehead atoms. The highest BCUT2D eigenvalue weighted by atomic mass is 16.5. The molecule has 0 aliphatic carbocycles. The molecule has 1 aliphatic heterocycles. The van der Waals surface area contributed by atoms with Gasteiger partial charge in [0.2, 0.25) is 5.91 Å². The Balaban J connectivity index is 1.85. The van der Waals surface area contributed by atoms with E-state index in [1.807, 2.05) is 24.3 Å². The third kappa shape index (κ3) is 4.72. The summed E-state index contributed by atoms with van der Waals surface area (Å²) in [6, 6.07) is 7.93. The zero-order chi connectivity index (χ0) is 15.1. The SMILES string of the molecule is COc1cccc(NC(=O)CN2CCCC2CCCN)c1. The number of hydrogen-bond acceptors (Lipinski definition) is 4. The lowest BCUT2D eigenvalue weighted by Crippen LogP contribution is -2.37. The van der Waals surface area contributed by atoms with Gasteiger partial charge in [-0.05, 0) is 50.9 Å². The molecule has 1 aliphatic rings. The van der Waals surface area contributed by atoms with Gasteiger partial charge in [-0.15, -0.1) is 0 Å². The van der Waals surface area contributed by atoms with Crippen LogP contribution in [-0.2, 0) is 4.79 Å². The van der Waals surface area contributed by atoms with E-state index in [-0.39, 0.29) is 5.91 Å². The summed E-state index contributed by atoms with van der Waals surface area (Å²) in [5.41, 5.74) is 6.35. The van der Waals surface area contributed by atoms with Crippen molar-refractivity contribution in [1.82, 2.24) is 4.90 Å². The molecule has 0 aromatic heterocycles. The molecular formula is C16H25N3O2. The molecule has 1 saturated heterocycles. The fourth-order valence-electron chi connectivity index (χ4n) is 2.87. The van der Waals surface area contributed by atoms with Crippen molar-refractivity contribution in [2.75, 3.05) is 32.1 Å². The lowest BCUT2D eigenvalue weighted by molar-refractivity contribution is -0.117. The Morgan fingerprint density at radius 2 is 2.38 bits per heavy atom. The van der Waals surface area contributed by atoms with E-state index < -0.39 is 0 Å². The lowest BCUT2D eigenvalue weighted by Gasteiger charge is -2.23. The van der Waals surface area contributed by atoms with Crippen molar-refractivity contribution in [3.63, 3.8) is 0 Å². The molecule has 3 N–H and O–H groups in total. The predicted octanol–water partition coefficient (Wildman–Crippen LogP) is 1.84. The quantitative estimate of drug-likeness (QED) is 0.804. The predicted molar refractivity (Wildman–Crippen MR) is 84.5 cm³/mol. The van der Waals surface area contributed by atoms with Crippen LogP contribution in [0.4, 0.5) is 5.69 Å². The van der Waals surface area contributed by atoms with E-state index in [1.54, 1.807) is 7.11 Å². The Kier molecular flexibility index (Phi) is 6.02. The van der Waals surface area contributed by atoms with E-state index in [4.69, 9.17) is 10.5 Å². The zero-order valence-electron chi connectivity index (χ0n) is 12.7. The van der Waals surface area contributed by atoms with Gasteiger partial charge >= 0.3 is 0 Å². The number of likely N-dealkylation sites (tertiary alicyclic amines) is 1. The molecule has 0 saturated carbocycles. The van der Waals surface area contributed by atoms with Crippen molar-refractivity contribution < 1.29 is 9.53 Å². The molecule has 5 heteroatoms. The maximum absolute atomic E-state index is 12.2. The van der Waals surface area contributed by atoms with E-state index in [1.165, 1.54) is 12.8 Å². The van der Waals surface area contributed by atoms with Crippen molar-refractivity contribution in [2.24, 2.45) is 5.73 Å². The molecule has 116 valence electrons. The van der Waals surface area contributed by atoms with E-state index >= 15 is 0 Å². The van der Waals surface area contributed by atoms with Crippen LogP contribution in [0, 0.1) is 0 Å². The van der Waals surface area contributed by atoms with Crippen molar-refractivity contribution in [1.29, 1.82) is 0 Å². The summed E-state index contributed by atoms with van der Waals surface area (Å²) in [6.07, 6.45) is 4.45. The minimum absolute atomic E-state index is 0.0305. The van der Waals surface area contributed by atoms with Gasteiger partial charge in [-0.25, -0.2) is 0 Å². The highest BCUT2D eigenvalue weighted by Gasteiger charge is 2.25. The molecule has 1 aromatic carbocycles. The number of nitrogens with one attached hydrogen (secondary N) is 1. The fourth-order valence-corrected chi connectivity index (χ4v) is 2.87. The zero-order valence-corrected chi connectivity index (χ0v) is 12.7. The second-order valence-electron chi connectivity index (χ2n) is 5.48. The number of benzene rings is 1. The van der Waals surface area contributed by atoms with Crippen LogP contribution in [0.25, 0.3) is 0 Å². The average Bonchev–Trinajstić information content (AvgIpc) is 2.92. The van der Waals surface area contributed by atoms with Gasteiger partial charge in [0.25, 0.3) is 0 Å². The Bertz CT molecular complexity index is 465. The highest BCUT2D eigenvalue weighted by molar-refractivity contribution is 5.92. The van der Waals surface area contributed by atoms with Crippen LogP contribution in [0.1, 0.15) is 25.7 Å². The number of ether oxygens (including phenoxy) is 1. The third-order valence-corrected chi connectivity index (χ3v) is 3.94.